The highest BCUT2D eigenvalue weighted by Crippen LogP contribution is 2.33. The van der Waals surface area contributed by atoms with Crippen molar-refractivity contribution in [3.05, 3.63) is 28.3 Å². The van der Waals surface area contributed by atoms with Crippen molar-refractivity contribution < 1.29 is 14.3 Å². The molecule has 4 nitrogen and oxygen atoms in total. The van der Waals surface area contributed by atoms with Crippen molar-refractivity contribution in [2.24, 2.45) is 0 Å². The van der Waals surface area contributed by atoms with Crippen molar-refractivity contribution in [3.63, 3.8) is 0 Å². The SMILES string of the molecule is COC(=O)c1ccc(Cl)c2c1NC(=O)C2. The third kappa shape index (κ3) is 1.57. The Kier molecular flexibility index (Phi) is 2.36. The number of rotatable bonds is 1. The molecule has 1 aliphatic heterocycles. The van der Waals surface area contributed by atoms with Crippen LogP contribution in [0.5, 0.6) is 0 Å². The summed E-state index contributed by atoms with van der Waals surface area (Å²) < 4.78 is 4.60. The minimum absolute atomic E-state index is 0.164. The predicted molar refractivity (Wildman–Crippen MR) is 55.1 cm³/mol. The van der Waals surface area contributed by atoms with Crippen LogP contribution in [0.2, 0.25) is 5.02 Å². The van der Waals surface area contributed by atoms with Crippen LogP contribution in [-0.4, -0.2) is 19.0 Å². The van der Waals surface area contributed by atoms with Gasteiger partial charge in [-0.05, 0) is 12.1 Å². The number of carbonyl (C=O) groups excluding carboxylic acids is 2. The van der Waals surface area contributed by atoms with Crippen LogP contribution in [0.3, 0.4) is 0 Å². The van der Waals surface area contributed by atoms with Gasteiger partial charge in [0.05, 0.1) is 24.8 Å². The minimum Gasteiger partial charge on any atom is -0.465 e. The third-order valence-corrected chi connectivity index (χ3v) is 2.62. The van der Waals surface area contributed by atoms with Crippen molar-refractivity contribution in [2.45, 2.75) is 6.42 Å². The lowest BCUT2D eigenvalue weighted by Crippen LogP contribution is -2.08. The molecule has 1 aromatic rings. The first kappa shape index (κ1) is 9.98. The van der Waals surface area contributed by atoms with Gasteiger partial charge in [-0.1, -0.05) is 11.6 Å². The summed E-state index contributed by atoms with van der Waals surface area (Å²) >= 11 is 5.91. The molecule has 0 unspecified atom stereocenters. The molecule has 5 heteroatoms. The zero-order chi connectivity index (χ0) is 11.0. The summed E-state index contributed by atoms with van der Waals surface area (Å²) in [6.07, 6.45) is 0.207. The number of hydrogen-bond acceptors (Lipinski definition) is 3. The first-order valence-corrected chi connectivity index (χ1v) is 4.71. The third-order valence-electron chi connectivity index (χ3n) is 2.26. The lowest BCUT2D eigenvalue weighted by Gasteiger charge is -2.06. The predicted octanol–water partition coefficient (Wildman–Crippen LogP) is 1.62. The molecule has 0 aliphatic carbocycles. The number of carbonyl (C=O) groups is 2. The van der Waals surface area contributed by atoms with Gasteiger partial charge >= 0.3 is 5.97 Å². The van der Waals surface area contributed by atoms with Gasteiger partial charge in [-0.3, -0.25) is 4.79 Å². The highest BCUT2D eigenvalue weighted by Gasteiger charge is 2.26. The van der Waals surface area contributed by atoms with Crippen LogP contribution >= 0.6 is 11.6 Å². The Morgan fingerprint density at radius 2 is 2.27 bits per heavy atom. The molecule has 2 rings (SSSR count). The second kappa shape index (κ2) is 3.55. The summed E-state index contributed by atoms with van der Waals surface area (Å²) in [5.41, 5.74) is 1.46. The lowest BCUT2D eigenvalue weighted by molar-refractivity contribution is -0.115. The van der Waals surface area contributed by atoms with E-state index in [1.165, 1.54) is 7.11 Å². The average Bonchev–Trinajstić information content (AvgIpc) is 2.60. The Bertz CT molecular complexity index is 456. The Labute approximate surface area is 91.2 Å². The molecule has 1 heterocycles. The highest BCUT2D eigenvalue weighted by atomic mass is 35.5. The Balaban J connectivity index is 2.57. The first-order valence-electron chi connectivity index (χ1n) is 4.33. The van der Waals surface area contributed by atoms with E-state index in [-0.39, 0.29) is 12.3 Å². The summed E-state index contributed by atoms with van der Waals surface area (Å²) in [6, 6.07) is 3.13. The van der Waals surface area contributed by atoms with E-state index in [9.17, 15) is 9.59 Å². The van der Waals surface area contributed by atoms with Gasteiger partial charge in [-0.25, -0.2) is 4.79 Å². The molecule has 1 amide bonds. The van der Waals surface area contributed by atoms with Crippen LogP contribution in [0, 0.1) is 0 Å². The van der Waals surface area contributed by atoms with Gasteiger partial charge < -0.3 is 10.1 Å². The summed E-state index contributed by atoms with van der Waals surface area (Å²) in [6.45, 7) is 0. The molecular weight excluding hydrogens is 218 g/mol. The standard InChI is InChI=1S/C10H8ClNO3/c1-15-10(14)5-2-3-7(11)6-4-8(13)12-9(5)6/h2-3H,4H2,1H3,(H,12,13). The molecule has 78 valence electrons. The maximum Gasteiger partial charge on any atom is 0.339 e. The topological polar surface area (TPSA) is 55.4 Å². The quantitative estimate of drug-likeness (QED) is 0.739. The number of amides is 1. The molecule has 0 saturated heterocycles. The molecule has 1 aromatic carbocycles. The van der Waals surface area contributed by atoms with Crippen molar-refractivity contribution >= 4 is 29.2 Å². The zero-order valence-electron chi connectivity index (χ0n) is 7.96. The number of ether oxygens (including phenoxy) is 1. The van der Waals surface area contributed by atoms with Crippen LogP contribution < -0.4 is 5.32 Å². The van der Waals surface area contributed by atoms with E-state index in [2.05, 4.69) is 10.1 Å². The number of anilines is 1. The molecule has 0 aromatic heterocycles. The van der Waals surface area contributed by atoms with E-state index in [1.807, 2.05) is 0 Å². The molecule has 1 aliphatic rings. The molecule has 1 N–H and O–H groups in total. The summed E-state index contributed by atoms with van der Waals surface area (Å²) in [7, 11) is 1.29. The van der Waals surface area contributed by atoms with Gasteiger partial charge in [-0.2, -0.15) is 0 Å². The van der Waals surface area contributed by atoms with Crippen LogP contribution in [0.4, 0.5) is 5.69 Å². The number of hydrogen-bond donors (Lipinski definition) is 1. The van der Waals surface area contributed by atoms with E-state index in [0.29, 0.717) is 21.8 Å². The monoisotopic (exact) mass is 225 g/mol. The highest BCUT2D eigenvalue weighted by molar-refractivity contribution is 6.33. The second-order valence-corrected chi connectivity index (χ2v) is 3.57. The minimum atomic E-state index is -0.481. The van der Waals surface area contributed by atoms with Gasteiger partial charge in [-0.15, -0.1) is 0 Å². The maximum atomic E-state index is 11.4. The van der Waals surface area contributed by atoms with Crippen molar-refractivity contribution in [2.75, 3.05) is 12.4 Å². The van der Waals surface area contributed by atoms with E-state index >= 15 is 0 Å². The normalized spacial score (nSPS) is 13.3. The number of fused-ring (bicyclic) bond motifs is 1. The van der Waals surface area contributed by atoms with Crippen molar-refractivity contribution in [1.29, 1.82) is 0 Å². The molecule has 0 spiro atoms. The Morgan fingerprint density at radius 1 is 1.53 bits per heavy atom. The molecule has 0 radical (unpaired) electrons. The molecule has 15 heavy (non-hydrogen) atoms. The number of esters is 1. The van der Waals surface area contributed by atoms with E-state index in [0.717, 1.165) is 0 Å². The van der Waals surface area contributed by atoms with Crippen molar-refractivity contribution in [3.8, 4) is 0 Å². The molecule has 0 fully saturated rings. The lowest BCUT2D eigenvalue weighted by atomic mass is 10.1. The summed E-state index contributed by atoms with van der Waals surface area (Å²) in [5, 5.41) is 3.08. The smallest absolute Gasteiger partial charge is 0.339 e. The van der Waals surface area contributed by atoms with Crippen LogP contribution in [0.25, 0.3) is 0 Å². The number of halogens is 1. The Morgan fingerprint density at radius 3 is 2.93 bits per heavy atom. The summed E-state index contributed by atoms with van der Waals surface area (Å²) in [4.78, 5) is 22.6. The largest absolute Gasteiger partial charge is 0.465 e. The molecule has 0 saturated carbocycles. The van der Waals surface area contributed by atoms with E-state index < -0.39 is 5.97 Å². The number of methoxy groups -OCH3 is 1. The van der Waals surface area contributed by atoms with Crippen LogP contribution in [0.15, 0.2) is 12.1 Å². The van der Waals surface area contributed by atoms with Gasteiger partial charge in [0.25, 0.3) is 0 Å². The summed E-state index contributed by atoms with van der Waals surface area (Å²) in [5.74, 6) is -0.645. The molecule has 0 bridgehead atoms. The van der Waals surface area contributed by atoms with Crippen LogP contribution in [0.1, 0.15) is 15.9 Å². The van der Waals surface area contributed by atoms with Gasteiger partial charge in [0.15, 0.2) is 0 Å². The molecule has 0 atom stereocenters. The van der Waals surface area contributed by atoms with Crippen LogP contribution in [-0.2, 0) is 16.0 Å². The van der Waals surface area contributed by atoms with Gasteiger partial charge in [0, 0.05) is 10.6 Å². The maximum absolute atomic E-state index is 11.4. The number of nitrogens with one attached hydrogen (secondary N) is 1. The average molecular weight is 226 g/mol. The van der Waals surface area contributed by atoms with Crippen molar-refractivity contribution in [1.82, 2.24) is 0 Å². The first-order chi connectivity index (χ1) is 7.13. The molecular formula is C10H8ClNO3. The Hall–Kier alpha value is -1.55. The fraction of sp³-hybridized carbons (Fsp3) is 0.200. The number of benzene rings is 1. The fourth-order valence-corrected chi connectivity index (χ4v) is 1.79. The van der Waals surface area contributed by atoms with Gasteiger partial charge in [0.2, 0.25) is 5.91 Å². The van der Waals surface area contributed by atoms with E-state index in [1.54, 1.807) is 12.1 Å². The van der Waals surface area contributed by atoms with E-state index in [4.69, 9.17) is 11.6 Å². The fourth-order valence-electron chi connectivity index (χ4n) is 1.56. The van der Waals surface area contributed by atoms with Gasteiger partial charge in [0.1, 0.15) is 0 Å². The zero-order valence-corrected chi connectivity index (χ0v) is 8.72. The second-order valence-electron chi connectivity index (χ2n) is 3.17.